The summed E-state index contributed by atoms with van der Waals surface area (Å²) in [6.45, 7) is 4.88. The van der Waals surface area contributed by atoms with Gasteiger partial charge in [-0.15, -0.1) is 0 Å². The first-order valence-corrected chi connectivity index (χ1v) is 9.32. The van der Waals surface area contributed by atoms with Crippen LogP contribution in [0.25, 0.3) is 10.9 Å². The highest BCUT2D eigenvalue weighted by Crippen LogP contribution is 2.20. The zero-order valence-electron chi connectivity index (χ0n) is 14.8. The molecule has 0 aliphatic carbocycles. The number of hydrogen-bond acceptors (Lipinski definition) is 5. The van der Waals surface area contributed by atoms with Crippen molar-refractivity contribution in [1.82, 2.24) is 19.8 Å². The van der Waals surface area contributed by atoms with Crippen LogP contribution >= 0.6 is 0 Å². The van der Waals surface area contributed by atoms with E-state index in [9.17, 15) is 9.59 Å². The highest BCUT2D eigenvalue weighted by Gasteiger charge is 2.30. The number of hydrogen-bond donors (Lipinski definition) is 1. The number of benzene rings is 1. The number of aromatic nitrogens is 2. The lowest BCUT2D eigenvalue weighted by atomic mass is 10.0. The van der Waals surface area contributed by atoms with Crippen LogP contribution in [0.3, 0.4) is 0 Å². The highest BCUT2D eigenvalue weighted by molar-refractivity contribution is 5.92. The summed E-state index contributed by atoms with van der Waals surface area (Å²) in [5.41, 5.74) is 0.294. The van der Waals surface area contributed by atoms with E-state index >= 15 is 0 Å². The second kappa shape index (κ2) is 7.55. The summed E-state index contributed by atoms with van der Waals surface area (Å²) in [4.78, 5) is 36.7. The van der Waals surface area contributed by atoms with Crippen molar-refractivity contribution < 1.29 is 9.53 Å². The number of nitrogens with zero attached hydrogens (tertiary/aromatic N) is 3. The number of amides is 1. The van der Waals surface area contributed by atoms with Crippen molar-refractivity contribution in [3.63, 3.8) is 0 Å². The molecule has 0 saturated carbocycles. The quantitative estimate of drug-likeness (QED) is 0.895. The number of carbonyl (C=O) groups is 1. The van der Waals surface area contributed by atoms with Crippen molar-refractivity contribution in [2.24, 2.45) is 0 Å². The van der Waals surface area contributed by atoms with Crippen molar-refractivity contribution in [1.29, 1.82) is 0 Å². The van der Waals surface area contributed by atoms with Gasteiger partial charge in [-0.2, -0.15) is 0 Å². The third-order valence-electron chi connectivity index (χ3n) is 5.28. The first-order chi connectivity index (χ1) is 12.7. The number of likely N-dealkylation sites (tertiary alicyclic amines) is 1. The molecule has 0 spiro atoms. The van der Waals surface area contributed by atoms with E-state index in [1.807, 2.05) is 11.0 Å². The predicted molar refractivity (Wildman–Crippen MR) is 98.3 cm³/mol. The molecule has 1 aromatic carbocycles. The molecule has 2 saturated heterocycles. The minimum Gasteiger partial charge on any atom is -0.379 e. The largest absolute Gasteiger partial charge is 0.379 e. The van der Waals surface area contributed by atoms with Gasteiger partial charge >= 0.3 is 0 Å². The molecule has 138 valence electrons. The number of para-hydroxylation sites is 1. The van der Waals surface area contributed by atoms with E-state index in [0.29, 0.717) is 17.4 Å². The molecular formula is C19H24N4O3. The van der Waals surface area contributed by atoms with E-state index in [2.05, 4.69) is 14.9 Å². The maximum Gasteiger partial charge on any atom is 0.290 e. The van der Waals surface area contributed by atoms with Gasteiger partial charge in [-0.1, -0.05) is 12.1 Å². The number of aromatic amines is 1. The number of fused-ring (bicyclic) bond motifs is 1. The molecule has 1 unspecified atom stereocenters. The summed E-state index contributed by atoms with van der Waals surface area (Å²) in [7, 11) is 0. The van der Waals surface area contributed by atoms with Crippen LogP contribution in [0.5, 0.6) is 0 Å². The fourth-order valence-corrected chi connectivity index (χ4v) is 3.86. The Kier molecular flexibility index (Phi) is 4.99. The molecule has 1 N–H and O–H groups in total. The highest BCUT2D eigenvalue weighted by atomic mass is 16.5. The molecule has 0 bridgehead atoms. The Labute approximate surface area is 152 Å². The average molecular weight is 356 g/mol. The van der Waals surface area contributed by atoms with Gasteiger partial charge in [-0.05, 0) is 31.4 Å². The Balaban J connectivity index is 1.57. The zero-order chi connectivity index (χ0) is 17.9. The predicted octanol–water partition coefficient (Wildman–Crippen LogP) is 1.25. The van der Waals surface area contributed by atoms with Crippen molar-refractivity contribution in [2.45, 2.75) is 25.3 Å². The molecule has 26 heavy (non-hydrogen) atoms. The molecule has 1 aromatic heterocycles. The molecule has 0 radical (unpaired) electrons. The number of ether oxygens (including phenoxy) is 1. The van der Waals surface area contributed by atoms with Gasteiger partial charge in [0.1, 0.15) is 0 Å². The van der Waals surface area contributed by atoms with E-state index in [4.69, 9.17) is 4.74 Å². The molecular weight excluding hydrogens is 332 g/mol. The molecule has 4 rings (SSSR count). The number of piperidine rings is 1. The maximum atomic E-state index is 13.1. The SMILES string of the molecule is O=C(c1nc2ccccc2c(=O)[nH]1)N1CCCCC1CN1CCOCC1. The number of H-pyrrole nitrogens is 1. The van der Waals surface area contributed by atoms with Crippen molar-refractivity contribution in [2.75, 3.05) is 39.4 Å². The Hall–Kier alpha value is -2.25. The molecule has 2 aliphatic rings. The van der Waals surface area contributed by atoms with Gasteiger partial charge in [0, 0.05) is 32.2 Å². The van der Waals surface area contributed by atoms with Gasteiger partial charge in [0.05, 0.1) is 24.1 Å². The monoisotopic (exact) mass is 356 g/mol. The summed E-state index contributed by atoms with van der Waals surface area (Å²) in [5, 5.41) is 0.507. The number of morpholine rings is 1. The van der Waals surface area contributed by atoms with Crippen molar-refractivity contribution in [3.05, 3.63) is 40.4 Å². The van der Waals surface area contributed by atoms with E-state index in [0.717, 1.165) is 52.1 Å². The van der Waals surface area contributed by atoms with Crippen LogP contribution in [0.15, 0.2) is 29.1 Å². The maximum absolute atomic E-state index is 13.1. The van der Waals surface area contributed by atoms with E-state index < -0.39 is 0 Å². The first kappa shape index (κ1) is 17.2. The lowest BCUT2D eigenvalue weighted by Crippen LogP contribution is -2.51. The van der Waals surface area contributed by atoms with Gasteiger partial charge in [0.25, 0.3) is 11.5 Å². The van der Waals surface area contributed by atoms with Gasteiger partial charge in [0.2, 0.25) is 0 Å². The molecule has 2 aromatic rings. The molecule has 3 heterocycles. The van der Waals surface area contributed by atoms with Crippen LogP contribution in [0.2, 0.25) is 0 Å². The molecule has 7 nitrogen and oxygen atoms in total. The third-order valence-corrected chi connectivity index (χ3v) is 5.28. The Morgan fingerprint density at radius 3 is 2.85 bits per heavy atom. The van der Waals surface area contributed by atoms with Crippen LogP contribution < -0.4 is 5.56 Å². The van der Waals surface area contributed by atoms with E-state index in [1.54, 1.807) is 18.2 Å². The topological polar surface area (TPSA) is 78.5 Å². The summed E-state index contributed by atoms with van der Waals surface area (Å²) in [6.07, 6.45) is 3.10. The second-order valence-electron chi connectivity index (χ2n) is 6.99. The Bertz CT molecular complexity index is 844. The minimum atomic E-state index is -0.263. The normalized spacial score (nSPS) is 21.8. The molecule has 1 amide bonds. The fraction of sp³-hybridized carbons (Fsp3) is 0.526. The zero-order valence-corrected chi connectivity index (χ0v) is 14.8. The van der Waals surface area contributed by atoms with Crippen LogP contribution in [0, 0.1) is 0 Å². The van der Waals surface area contributed by atoms with Gasteiger partial charge < -0.3 is 14.6 Å². The smallest absolute Gasteiger partial charge is 0.290 e. The van der Waals surface area contributed by atoms with Crippen LogP contribution in [-0.4, -0.2) is 71.1 Å². The van der Waals surface area contributed by atoms with Gasteiger partial charge in [0.15, 0.2) is 5.82 Å². The standard InChI is InChI=1S/C19H24N4O3/c24-18-15-6-1-2-7-16(15)20-17(21-18)19(25)23-8-4-3-5-14(23)13-22-9-11-26-12-10-22/h1-2,6-7,14H,3-5,8-13H2,(H,20,21,24). The lowest BCUT2D eigenvalue weighted by Gasteiger charge is -2.39. The molecule has 2 fully saturated rings. The van der Waals surface area contributed by atoms with E-state index in [1.165, 1.54) is 0 Å². The third kappa shape index (κ3) is 3.50. The number of rotatable bonds is 3. The second-order valence-corrected chi connectivity index (χ2v) is 6.99. The molecule has 1 atom stereocenters. The Morgan fingerprint density at radius 1 is 1.19 bits per heavy atom. The Morgan fingerprint density at radius 2 is 2.00 bits per heavy atom. The lowest BCUT2D eigenvalue weighted by molar-refractivity contribution is 0.0163. The first-order valence-electron chi connectivity index (χ1n) is 9.32. The van der Waals surface area contributed by atoms with Gasteiger partial charge in [-0.25, -0.2) is 4.98 Å². The number of carbonyl (C=O) groups excluding carboxylic acids is 1. The average Bonchev–Trinajstić information content (AvgIpc) is 2.69. The minimum absolute atomic E-state index is 0.141. The van der Waals surface area contributed by atoms with Crippen LogP contribution in [0.4, 0.5) is 0 Å². The molecule has 2 aliphatic heterocycles. The summed E-state index contributed by atoms with van der Waals surface area (Å²) < 4.78 is 5.41. The van der Waals surface area contributed by atoms with E-state index in [-0.39, 0.29) is 23.3 Å². The van der Waals surface area contributed by atoms with Crippen molar-refractivity contribution >= 4 is 16.8 Å². The summed E-state index contributed by atoms with van der Waals surface area (Å²) in [5.74, 6) is -0.0339. The van der Waals surface area contributed by atoms with Crippen molar-refractivity contribution in [3.8, 4) is 0 Å². The summed E-state index contributed by atoms with van der Waals surface area (Å²) in [6, 6.07) is 7.26. The fourth-order valence-electron chi connectivity index (χ4n) is 3.86. The number of nitrogens with one attached hydrogen (secondary N) is 1. The van der Waals surface area contributed by atoms with Crippen LogP contribution in [-0.2, 0) is 4.74 Å². The summed E-state index contributed by atoms with van der Waals surface area (Å²) >= 11 is 0. The van der Waals surface area contributed by atoms with Crippen LogP contribution in [0.1, 0.15) is 29.9 Å². The van der Waals surface area contributed by atoms with Gasteiger partial charge in [-0.3, -0.25) is 14.5 Å². The molecule has 7 heteroatoms.